The molecule has 1 saturated heterocycles. The van der Waals surface area contributed by atoms with Gasteiger partial charge in [-0.3, -0.25) is 4.90 Å². The molecule has 0 radical (unpaired) electrons. The van der Waals surface area contributed by atoms with E-state index in [9.17, 15) is 0 Å². The smallest absolute Gasteiger partial charge is 0.229 e. The number of nitrogens with one attached hydrogen (secondary N) is 1. The molecule has 0 saturated carbocycles. The van der Waals surface area contributed by atoms with Crippen LogP contribution in [0.3, 0.4) is 0 Å². The van der Waals surface area contributed by atoms with Crippen molar-refractivity contribution in [1.82, 2.24) is 20.4 Å². The Labute approximate surface area is 108 Å². The topological polar surface area (TPSA) is 63.4 Å². The Balaban J connectivity index is 1.99. The van der Waals surface area contributed by atoms with Crippen molar-refractivity contribution in [2.45, 2.75) is 25.8 Å². The van der Waals surface area contributed by atoms with Crippen LogP contribution >= 0.6 is 0 Å². The van der Waals surface area contributed by atoms with Gasteiger partial charge in [-0.05, 0) is 6.42 Å². The summed E-state index contributed by atoms with van der Waals surface area (Å²) >= 11 is 0. The summed E-state index contributed by atoms with van der Waals surface area (Å²) in [7, 11) is 1.67. The number of hydrogen-bond donors (Lipinski definition) is 1. The highest BCUT2D eigenvalue weighted by atomic mass is 16.5. The monoisotopic (exact) mass is 254 g/mol. The van der Waals surface area contributed by atoms with E-state index in [1.54, 1.807) is 7.11 Å². The van der Waals surface area contributed by atoms with Gasteiger partial charge in [-0.2, -0.15) is 4.98 Å². The number of hydrogen-bond acceptors (Lipinski definition) is 6. The SMILES string of the molecule is CCC(c1noc(CCOC)n1)N1CCNCC1. The van der Waals surface area contributed by atoms with E-state index in [4.69, 9.17) is 9.26 Å². The fourth-order valence-electron chi connectivity index (χ4n) is 2.29. The molecule has 6 heteroatoms. The van der Waals surface area contributed by atoms with Gasteiger partial charge in [-0.1, -0.05) is 12.1 Å². The molecule has 0 spiro atoms. The minimum absolute atomic E-state index is 0.271. The molecule has 0 amide bonds. The van der Waals surface area contributed by atoms with Crippen LogP contribution in [0.15, 0.2) is 4.52 Å². The van der Waals surface area contributed by atoms with Crippen molar-refractivity contribution in [3.05, 3.63) is 11.7 Å². The zero-order valence-electron chi connectivity index (χ0n) is 11.2. The van der Waals surface area contributed by atoms with Gasteiger partial charge in [0.1, 0.15) is 0 Å². The van der Waals surface area contributed by atoms with E-state index in [2.05, 4.69) is 27.3 Å². The lowest BCUT2D eigenvalue weighted by atomic mass is 10.1. The summed E-state index contributed by atoms with van der Waals surface area (Å²) in [5, 5.41) is 7.47. The van der Waals surface area contributed by atoms with Crippen LogP contribution in [0.2, 0.25) is 0 Å². The summed E-state index contributed by atoms with van der Waals surface area (Å²) in [5.41, 5.74) is 0. The Morgan fingerprint density at radius 1 is 1.44 bits per heavy atom. The van der Waals surface area contributed by atoms with Gasteiger partial charge in [0.25, 0.3) is 0 Å². The van der Waals surface area contributed by atoms with Gasteiger partial charge in [0.15, 0.2) is 5.82 Å². The molecule has 1 aliphatic heterocycles. The van der Waals surface area contributed by atoms with Crippen LogP contribution in [0.4, 0.5) is 0 Å². The molecule has 6 nitrogen and oxygen atoms in total. The van der Waals surface area contributed by atoms with Crippen LogP contribution in [-0.4, -0.2) is 54.9 Å². The highest BCUT2D eigenvalue weighted by molar-refractivity contribution is 4.96. The van der Waals surface area contributed by atoms with Gasteiger partial charge < -0.3 is 14.6 Å². The summed E-state index contributed by atoms with van der Waals surface area (Å²) in [4.78, 5) is 6.89. The molecular weight excluding hydrogens is 232 g/mol. The van der Waals surface area contributed by atoms with Crippen molar-refractivity contribution < 1.29 is 9.26 Å². The van der Waals surface area contributed by atoms with Gasteiger partial charge in [0, 0.05) is 33.3 Å². The zero-order valence-corrected chi connectivity index (χ0v) is 11.2. The summed E-state index contributed by atoms with van der Waals surface area (Å²) in [5.74, 6) is 1.48. The minimum atomic E-state index is 0.271. The fourth-order valence-corrected chi connectivity index (χ4v) is 2.29. The fraction of sp³-hybridized carbons (Fsp3) is 0.833. The van der Waals surface area contributed by atoms with E-state index in [1.165, 1.54) is 0 Å². The first-order valence-corrected chi connectivity index (χ1v) is 6.61. The Morgan fingerprint density at radius 3 is 2.89 bits per heavy atom. The molecule has 0 aliphatic carbocycles. The summed E-state index contributed by atoms with van der Waals surface area (Å²) in [6, 6.07) is 0.271. The van der Waals surface area contributed by atoms with E-state index < -0.39 is 0 Å². The van der Waals surface area contributed by atoms with E-state index in [-0.39, 0.29) is 6.04 Å². The average molecular weight is 254 g/mol. The maximum Gasteiger partial charge on any atom is 0.229 e. The largest absolute Gasteiger partial charge is 0.384 e. The quantitative estimate of drug-likeness (QED) is 0.802. The van der Waals surface area contributed by atoms with Crippen molar-refractivity contribution in [2.75, 3.05) is 39.9 Å². The summed E-state index contributed by atoms with van der Waals surface area (Å²) in [6.07, 6.45) is 1.69. The van der Waals surface area contributed by atoms with Gasteiger partial charge in [0.05, 0.1) is 19.1 Å². The third-order valence-electron chi connectivity index (χ3n) is 3.28. The van der Waals surface area contributed by atoms with Crippen molar-refractivity contribution >= 4 is 0 Å². The Bertz CT molecular complexity index is 350. The first-order chi connectivity index (χ1) is 8.85. The molecule has 1 fully saturated rings. The van der Waals surface area contributed by atoms with Gasteiger partial charge in [-0.15, -0.1) is 0 Å². The summed E-state index contributed by atoms with van der Waals surface area (Å²) in [6.45, 7) is 6.93. The Morgan fingerprint density at radius 2 is 2.22 bits per heavy atom. The van der Waals surface area contributed by atoms with Crippen LogP contribution in [0.1, 0.15) is 31.1 Å². The van der Waals surface area contributed by atoms with Gasteiger partial charge in [0.2, 0.25) is 5.89 Å². The molecule has 102 valence electrons. The molecule has 0 aromatic carbocycles. The maximum atomic E-state index is 5.26. The molecule has 0 bridgehead atoms. The normalized spacial score (nSPS) is 19.0. The van der Waals surface area contributed by atoms with Crippen LogP contribution in [0.25, 0.3) is 0 Å². The number of rotatable bonds is 6. The van der Waals surface area contributed by atoms with Gasteiger partial charge >= 0.3 is 0 Å². The predicted octanol–water partition coefficient (Wildman–Crippen LogP) is 0.615. The Kier molecular flexibility index (Phi) is 5.10. The molecule has 1 aromatic rings. The van der Waals surface area contributed by atoms with Crippen LogP contribution in [0, 0.1) is 0 Å². The third-order valence-corrected chi connectivity index (χ3v) is 3.28. The van der Waals surface area contributed by atoms with E-state index in [1.807, 2.05) is 0 Å². The maximum absolute atomic E-state index is 5.26. The predicted molar refractivity (Wildman–Crippen MR) is 67.4 cm³/mol. The number of nitrogens with zero attached hydrogens (tertiary/aromatic N) is 3. The number of piperazine rings is 1. The molecule has 18 heavy (non-hydrogen) atoms. The van der Waals surface area contributed by atoms with E-state index in [0.717, 1.165) is 38.4 Å². The van der Waals surface area contributed by atoms with E-state index in [0.29, 0.717) is 18.9 Å². The molecule has 2 rings (SSSR count). The highest BCUT2D eigenvalue weighted by Gasteiger charge is 2.24. The first-order valence-electron chi connectivity index (χ1n) is 6.61. The molecule has 1 atom stereocenters. The Hall–Kier alpha value is -0.980. The lowest BCUT2D eigenvalue weighted by Gasteiger charge is -2.32. The second-order valence-corrected chi connectivity index (χ2v) is 4.50. The second kappa shape index (κ2) is 6.82. The van der Waals surface area contributed by atoms with Crippen LogP contribution in [0.5, 0.6) is 0 Å². The first kappa shape index (κ1) is 13.5. The second-order valence-electron chi connectivity index (χ2n) is 4.50. The van der Waals surface area contributed by atoms with Crippen molar-refractivity contribution in [3.63, 3.8) is 0 Å². The van der Waals surface area contributed by atoms with Crippen LogP contribution in [-0.2, 0) is 11.2 Å². The van der Waals surface area contributed by atoms with Crippen molar-refractivity contribution in [1.29, 1.82) is 0 Å². The van der Waals surface area contributed by atoms with Gasteiger partial charge in [-0.25, -0.2) is 0 Å². The third kappa shape index (κ3) is 3.28. The highest BCUT2D eigenvalue weighted by Crippen LogP contribution is 2.21. The molecule has 1 aromatic heterocycles. The number of methoxy groups -OCH3 is 1. The standard InChI is InChI=1S/C12H22N4O2/c1-3-10(16-7-5-13-6-8-16)12-14-11(18-15-12)4-9-17-2/h10,13H,3-9H2,1-2H3. The molecule has 1 N–H and O–H groups in total. The minimum Gasteiger partial charge on any atom is -0.384 e. The number of ether oxygens (including phenoxy) is 1. The zero-order chi connectivity index (χ0) is 12.8. The lowest BCUT2D eigenvalue weighted by Crippen LogP contribution is -2.45. The lowest BCUT2D eigenvalue weighted by molar-refractivity contribution is 0.160. The van der Waals surface area contributed by atoms with Crippen LogP contribution < -0.4 is 5.32 Å². The van der Waals surface area contributed by atoms with E-state index >= 15 is 0 Å². The molecule has 1 unspecified atom stereocenters. The van der Waals surface area contributed by atoms with Crippen molar-refractivity contribution in [2.24, 2.45) is 0 Å². The van der Waals surface area contributed by atoms with Crippen molar-refractivity contribution in [3.8, 4) is 0 Å². The number of aromatic nitrogens is 2. The summed E-state index contributed by atoms with van der Waals surface area (Å²) < 4.78 is 10.3. The molecular formula is C12H22N4O2. The molecule has 2 heterocycles. The average Bonchev–Trinajstić information content (AvgIpc) is 2.87. The molecule has 1 aliphatic rings.